The second kappa shape index (κ2) is 9.21. The fourth-order valence-electron chi connectivity index (χ4n) is 3.08. The van der Waals surface area contributed by atoms with Gasteiger partial charge in [-0.15, -0.1) is 0 Å². The third kappa shape index (κ3) is 4.48. The van der Waals surface area contributed by atoms with Crippen molar-refractivity contribution in [2.75, 3.05) is 23.9 Å². The van der Waals surface area contributed by atoms with Crippen LogP contribution in [0.2, 0.25) is 0 Å². The van der Waals surface area contributed by atoms with Crippen molar-refractivity contribution in [1.29, 1.82) is 0 Å². The molecule has 1 fully saturated rings. The molecule has 1 aliphatic heterocycles. The van der Waals surface area contributed by atoms with E-state index in [0.29, 0.717) is 16.3 Å². The van der Waals surface area contributed by atoms with Crippen LogP contribution in [0.3, 0.4) is 0 Å². The molecule has 2 aromatic rings. The fraction of sp³-hybridized carbons (Fsp3) is 0.273. The minimum absolute atomic E-state index is 0.227. The molecule has 156 valence electrons. The van der Waals surface area contributed by atoms with Gasteiger partial charge in [0.2, 0.25) is 5.91 Å². The van der Waals surface area contributed by atoms with Gasteiger partial charge < -0.3 is 10.1 Å². The molecular weight excluding hydrogens is 386 g/mol. The van der Waals surface area contributed by atoms with Crippen molar-refractivity contribution >= 4 is 35.1 Å². The van der Waals surface area contributed by atoms with Crippen LogP contribution in [0.5, 0.6) is 5.75 Å². The Hall–Kier alpha value is -3.68. The van der Waals surface area contributed by atoms with Crippen molar-refractivity contribution in [3.63, 3.8) is 0 Å². The van der Waals surface area contributed by atoms with Crippen molar-refractivity contribution < 1.29 is 23.9 Å². The van der Waals surface area contributed by atoms with Crippen LogP contribution >= 0.6 is 0 Å². The smallest absolute Gasteiger partial charge is 0.339 e. The number of hydrogen-bond donors (Lipinski definition) is 1. The monoisotopic (exact) mass is 409 g/mol. The second-order valence-corrected chi connectivity index (χ2v) is 6.86. The predicted molar refractivity (Wildman–Crippen MR) is 111 cm³/mol. The molecule has 3 rings (SSSR count). The number of rotatable bonds is 8. The summed E-state index contributed by atoms with van der Waals surface area (Å²) in [6, 6.07) is 12.6. The number of nitrogens with one attached hydrogen (secondary N) is 1. The van der Waals surface area contributed by atoms with E-state index in [1.165, 1.54) is 24.8 Å². The maximum absolute atomic E-state index is 12.6. The Kier molecular flexibility index (Phi) is 6.46. The summed E-state index contributed by atoms with van der Waals surface area (Å²) < 4.78 is 5.04. The number of anilines is 2. The van der Waals surface area contributed by atoms with Crippen molar-refractivity contribution in [2.24, 2.45) is 0 Å². The van der Waals surface area contributed by atoms with Gasteiger partial charge in [0.25, 0.3) is 0 Å². The van der Waals surface area contributed by atoms with Crippen molar-refractivity contribution in [3.8, 4) is 5.75 Å². The maximum atomic E-state index is 12.6. The van der Waals surface area contributed by atoms with E-state index in [0.717, 1.165) is 24.2 Å². The summed E-state index contributed by atoms with van der Waals surface area (Å²) in [4.78, 5) is 50.9. The van der Waals surface area contributed by atoms with Crippen LogP contribution < -0.4 is 15.0 Å². The fourth-order valence-corrected chi connectivity index (χ4v) is 3.08. The molecule has 0 saturated carbocycles. The van der Waals surface area contributed by atoms with Gasteiger partial charge in [0.1, 0.15) is 12.3 Å². The standard InChI is InChI=1S/C22H23N3O5/c1-3-4-5-15-6-8-16(9-7-15)23-19(26)14-24-20(27)21(28)25(22(24)29)17-10-12-18(30-2)13-11-17/h6-13H,3-5,14H2,1-2H3,(H,23,26). The summed E-state index contributed by atoms with van der Waals surface area (Å²) in [5.41, 5.74) is 1.95. The van der Waals surface area contributed by atoms with Crippen molar-refractivity contribution in [3.05, 3.63) is 54.1 Å². The van der Waals surface area contributed by atoms with Crippen LogP contribution in [0.1, 0.15) is 25.3 Å². The number of urea groups is 1. The highest BCUT2D eigenvalue weighted by Gasteiger charge is 2.46. The molecule has 0 atom stereocenters. The van der Waals surface area contributed by atoms with E-state index >= 15 is 0 Å². The average Bonchev–Trinajstić information content (AvgIpc) is 2.96. The van der Waals surface area contributed by atoms with Gasteiger partial charge in [-0.05, 0) is 54.8 Å². The number of amides is 5. The molecule has 1 aliphatic rings. The number of imide groups is 2. The van der Waals surface area contributed by atoms with Crippen LogP contribution in [0, 0.1) is 0 Å². The molecule has 0 unspecified atom stereocenters. The zero-order valence-electron chi connectivity index (χ0n) is 16.9. The van der Waals surface area contributed by atoms with Gasteiger partial charge in [-0.1, -0.05) is 25.5 Å². The zero-order valence-corrected chi connectivity index (χ0v) is 16.9. The van der Waals surface area contributed by atoms with Crippen LogP contribution in [0.15, 0.2) is 48.5 Å². The average molecular weight is 409 g/mol. The highest BCUT2D eigenvalue weighted by molar-refractivity contribution is 6.53. The van der Waals surface area contributed by atoms with E-state index < -0.39 is 30.3 Å². The molecule has 1 heterocycles. The highest BCUT2D eigenvalue weighted by Crippen LogP contribution is 2.24. The number of benzene rings is 2. The van der Waals surface area contributed by atoms with Gasteiger partial charge in [0, 0.05) is 5.69 Å². The minimum atomic E-state index is -1.04. The molecule has 0 bridgehead atoms. The number of unbranched alkanes of at least 4 members (excludes halogenated alkanes) is 1. The number of carbonyl (C=O) groups is 4. The lowest BCUT2D eigenvalue weighted by Gasteiger charge is -2.15. The molecule has 8 heteroatoms. The normalized spacial score (nSPS) is 13.7. The quantitative estimate of drug-likeness (QED) is 0.534. The van der Waals surface area contributed by atoms with E-state index in [-0.39, 0.29) is 5.69 Å². The molecule has 0 radical (unpaired) electrons. The van der Waals surface area contributed by atoms with Gasteiger partial charge in [-0.3, -0.25) is 14.4 Å². The van der Waals surface area contributed by atoms with Crippen LogP contribution in [0.4, 0.5) is 16.2 Å². The first kappa shape index (κ1) is 21.0. The molecule has 1 N–H and O–H groups in total. The topological polar surface area (TPSA) is 96.0 Å². The highest BCUT2D eigenvalue weighted by atomic mass is 16.5. The lowest BCUT2D eigenvalue weighted by Crippen LogP contribution is -2.39. The third-order valence-electron chi connectivity index (χ3n) is 4.74. The van der Waals surface area contributed by atoms with E-state index in [1.807, 2.05) is 12.1 Å². The Balaban J connectivity index is 1.65. The number of carbonyl (C=O) groups excluding carboxylic acids is 4. The second-order valence-electron chi connectivity index (χ2n) is 6.86. The van der Waals surface area contributed by atoms with Gasteiger partial charge >= 0.3 is 17.8 Å². The van der Waals surface area contributed by atoms with E-state index in [1.54, 1.807) is 24.3 Å². The third-order valence-corrected chi connectivity index (χ3v) is 4.74. The largest absolute Gasteiger partial charge is 0.497 e. The summed E-state index contributed by atoms with van der Waals surface area (Å²) in [5, 5.41) is 2.65. The number of nitrogens with zero attached hydrogens (tertiary/aromatic N) is 2. The zero-order chi connectivity index (χ0) is 21.7. The number of ether oxygens (including phenoxy) is 1. The maximum Gasteiger partial charge on any atom is 0.339 e. The Morgan fingerprint density at radius 3 is 2.23 bits per heavy atom. The SMILES string of the molecule is CCCCc1ccc(NC(=O)CN2C(=O)C(=O)N(c3ccc(OC)cc3)C2=O)cc1. The van der Waals surface area contributed by atoms with Gasteiger partial charge in [-0.25, -0.2) is 14.6 Å². The summed E-state index contributed by atoms with van der Waals surface area (Å²) in [6.45, 7) is 1.57. The molecular formula is C22H23N3O5. The number of methoxy groups -OCH3 is 1. The summed E-state index contributed by atoms with van der Waals surface area (Å²) in [6.07, 6.45) is 3.15. The molecule has 0 aliphatic carbocycles. The molecule has 5 amide bonds. The van der Waals surface area contributed by atoms with Crippen LogP contribution in [-0.2, 0) is 20.8 Å². The minimum Gasteiger partial charge on any atom is -0.497 e. The molecule has 0 spiro atoms. The lowest BCUT2D eigenvalue weighted by atomic mass is 10.1. The van der Waals surface area contributed by atoms with Crippen molar-refractivity contribution in [2.45, 2.75) is 26.2 Å². The van der Waals surface area contributed by atoms with E-state index in [4.69, 9.17) is 4.74 Å². The number of hydrogen-bond acceptors (Lipinski definition) is 5. The summed E-state index contributed by atoms with van der Waals surface area (Å²) >= 11 is 0. The first-order valence-electron chi connectivity index (χ1n) is 9.67. The Morgan fingerprint density at radius 2 is 1.63 bits per heavy atom. The van der Waals surface area contributed by atoms with Gasteiger partial charge in [-0.2, -0.15) is 0 Å². The lowest BCUT2D eigenvalue weighted by molar-refractivity contribution is -0.140. The molecule has 1 saturated heterocycles. The van der Waals surface area contributed by atoms with Crippen molar-refractivity contribution in [1.82, 2.24) is 4.90 Å². The predicted octanol–water partition coefficient (Wildman–Crippen LogP) is 2.97. The molecule has 0 aromatic heterocycles. The Morgan fingerprint density at radius 1 is 0.967 bits per heavy atom. The summed E-state index contributed by atoms with van der Waals surface area (Å²) in [5.74, 6) is -2.07. The first-order chi connectivity index (χ1) is 14.4. The molecule has 2 aromatic carbocycles. The van der Waals surface area contributed by atoms with Gasteiger partial charge in [0.05, 0.1) is 12.8 Å². The van der Waals surface area contributed by atoms with E-state index in [9.17, 15) is 19.2 Å². The number of aryl methyl sites for hydroxylation is 1. The van der Waals surface area contributed by atoms with E-state index in [2.05, 4.69) is 12.2 Å². The molecule has 30 heavy (non-hydrogen) atoms. The first-order valence-corrected chi connectivity index (χ1v) is 9.67. The van der Waals surface area contributed by atoms with Crippen LogP contribution in [0.25, 0.3) is 0 Å². The van der Waals surface area contributed by atoms with Gasteiger partial charge in [0.15, 0.2) is 0 Å². The molecule has 8 nitrogen and oxygen atoms in total. The summed E-state index contributed by atoms with van der Waals surface area (Å²) in [7, 11) is 1.49. The Bertz CT molecular complexity index is 954. The van der Waals surface area contributed by atoms with Crippen LogP contribution in [-0.4, -0.2) is 42.3 Å². The Labute approximate surface area is 174 Å².